The van der Waals surface area contributed by atoms with Crippen molar-refractivity contribution in [1.29, 1.82) is 0 Å². The first-order valence-electron chi connectivity index (χ1n) is 8.39. The molecule has 1 aromatic carbocycles. The number of benzene rings is 1. The van der Waals surface area contributed by atoms with Crippen LogP contribution in [0.2, 0.25) is 0 Å². The van der Waals surface area contributed by atoms with Gasteiger partial charge in [0.15, 0.2) is 0 Å². The maximum absolute atomic E-state index is 12.9. The number of carbonyl (C=O) groups is 2. The fourth-order valence-electron chi connectivity index (χ4n) is 2.75. The minimum absolute atomic E-state index is 0.000736. The molecule has 0 atom stereocenters. The molecule has 1 aliphatic heterocycles. The molecule has 0 aliphatic carbocycles. The molecule has 0 radical (unpaired) electrons. The minimum atomic E-state index is 0.000736. The van der Waals surface area contributed by atoms with E-state index in [4.69, 9.17) is 0 Å². The third-order valence-corrected chi connectivity index (χ3v) is 5.04. The smallest absolute Gasteiger partial charge is 0.254 e. The summed E-state index contributed by atoms with van der Waals surface area (Å²) in [5.74, 6) is 0.967. The van der Waals surface area contributed by atoms with Gasteiger partial charge in [0.05, 0.1) is 5.56 Å². The predicted molar refractivity (Wildman–Crippen MR) is 99.3 cm³/mol. The fourth-order valence-corrected chi connectivity index (χ4v) is 3.83. The van der Waals surface area contributed by atoms with Crippen molar-refractivity contribution in [3.05, 3.63) is 41.5 Å². The lowest BCUT2D eigenvalue weighted by molar-refractivity contribution is -0.119. The Morgan fingerprint density at radius 1 is 1.21 bits per heavy atom. The zero-order valence-corrected chi connectivity index (χ0v) is 15.5. The second-order valence-electron chi connectivity index (χ2n) is 6.36. The number of nitrogens with one attached hydrogen (secondary N) is 1. The number of hydrogen-bond donors (Lipinski definition) is 1. The number of carbonyl (C=O) groups excluding carboxylic acids is 2. The predicted octanol–water partition coefficient (Wildman–Crippen LogP) is 3.49. The Bertz CT molecular complexity index is 616. The van der Waals surface area contributed by atoms with Crippen molar-refractivity contribution >= 4 is 23.6 Å². The largest absolute Gasteiger partial charge is 0.353 e. The van der Waals surface area contributed by atoms with E-state index in [9.17, 15) is 9.59 Å². The van der Waals surface area contributed by atoms with Crippen LogP contribution in [0.15, 0.2) is 40.8 Å². The fraction of sp³-hybridized carbons (Fsp3) is 0.474. The van der Waals surface area contributed by atoms with Crippen molar-refractivity contribution in [1.82, 2.24) is 10.2 Å². The van der Waals surface area contributed by atoms with Crippen LogP contribution < -0.4 is 5.32 Å². The third-order valence-electron chi connectivity index (χ3n) is 4.04. The summed E-state index contributed by atoms with van der Waals surface area (Å²) >= 11 is 1.70. The number of amides is 2. The molecule has 4 nitrogen and oxygen atoms in total. The van der Waals surface area contributed by atoms with Crippen molar-refractivity contribution in [3.63, 3.8) is 0 Å². The Morgan fingerprint density at radius 3 is 2.50 bits per heavy atom. The maximum Gasteiger partial charge on any atom is 0.254 e. The van der Waals surface area contributed by atoms with Gasteiger partial charge in [-0.1, -0.05) is 23.8 Å². The lowest BCUT2D eigenvalue weighted by atomic mass is 10.0. The van der Waals surface area contributed by atoms with E-state index in [2.05, 4.69) is 25.2 Å². The molecule has 5 heteroatoms. The molecule has 1 saturated heterocycles. The molecule has 1 aromatic rings. The molecule has 0 aromatic heterocycles. The van der Waals surface area contributed by atoms with Crippen molar-refractivity contribution in [2.75, 3.05) is 18.8 Å². The van der Waals surface area contributed by atoms with Crippen LogP contribution in [-0.2, 0) is 4.79 Å². The first-order valence-corrected chi connectivity index (χ1v) is 9.37. The summed E-state index contributed by atoms with van der Waals surface area (Å²) in [6.45, 7) is 7.08. The topological polar surface area (TPSA) is 49.4 Å². The van der Waals surface area contributed by atoms with Crippen LogP contribution in [0.1, 0.15) is 44.0 Å². The highest BCUT2D eigenvalue weighted by molar-refractivity contribution is 7.99. The van der Waals surface area contributed by atoms with E-state index in [-0.39, 0.29) is 17.9 Å². The number of allylic oxidation sites excluding steroid dienone is 1. The molecule has 1 N–H and O–H groups in total. The summed E-state index contributed by atoms with van der Waals surface area (Å²) in [5, 5.41) is 2.94. The molecule has 130 valence electrons. The van der Waals surface area contributed by atoms with E-state index >= 15 is 0 Å². The number of piperidine rings is 1. The monoisotopic (exact) mass is 346 g/mol. The van der Waals surface area contributed by atoms with E-state index in [1.807, 2.05) is 29.2 Å². The molecule has 2 rings (SSSR count). The number of nitrogens with zero attached hydrogens (tertiary/aromatic N) is 1. The van der Waals surface area contributed by atoms with Gasteiger partial charge < -0.3 is 10.2 Å². The van der Waals surface area contributed by atoms with Crippen LogP contribution in [0, 0.1) is 0 Å². The average molecular weight is 346 g/mol. The molecule has 0 unspecified atom stereocenters. The first-order chi connectivity index (χ1) is 11.5. The van der Waals surface area contributed by atoms with E-state index in [0.29, 0.717) is 13.1 Å². The Hall–Kier alpha value is -1.75. The van der Waals surface area contributed by atoms with Gasteiger partial charge in [0.1, 0.15) is 0 Å². The van der Waals surface area contributed by atoms with Crippen molar-refractivity contribution in [2.24, 2.45) is 0 Å². The van der Waals surface area contributed by atoms with Crippen molar-refractivity contribution in [2.45, 2.75) is 44.6 Å². The van der Waals surface area contributed by atoms with E-state index in [1.165, 1.54) is 12.5 Å². The maximum atomic E-state index is 12.9. The second kappa shape index (κ2) is 8.92. The summed E-state index contributed by atoms with van der Waals surface area (Å²) in [6.07, 6.45) is 3.81. The van der Waals surface area contributed by atoms with Gasteiger partial charge in [-0.3, -0.25) is 9.59 Å². The average Bonchev–Trinajstić information content (AvgIpc) is 2.54. The summed E-state index contributed by atoms with van der Waals surface area (Å²) in [6, 6.07) is 8.01. The minimum Gasteiger partial charge on any atom is -0.353 e. The van der Waals surface area contributed by atoms with Gasteiger partial charge in [0.25, 0.3) is 5.91 Å². The SMILES string of the molecule is CC(=O)NC1CCN(C(=O)c2ccccc2SCC=C(C)C)CC1. The van der Waals surface area contributed by atoms with Gasteiger partial charge in [-0.2, -0.15) is 0 Å². The number of rotatable bonds is 5. The Labute approximate surface area is 148 Å². The highest BCUT2D eigenvalue weighted by atomic mass is 32.2. The first kappa shape index (κ1) is 18.6. The lowest BCUT2D eigenvalue weighted by Gasteiger charge is -2.32. The third kappa shape index (κ3) is 5.41. The molecule has 0 spiro atoms. The highest BCUT2D eigenvalue weighted by Crippen LogP contribution is 2.25. The quantitative estimate of drug-likeness (QED) is 0.656. The van der Waals surface area contributed by atoms with Crippen molar-refractivity contribution < 1.29 is 9.59 Å². The molecule has 24 heavy (non-hydrogen) atoms. The Balaban J connectivity index is 2.00. The summed E-state index contributed by atoms with van der Waals surface area (Å²) in [4.78, 5) is 26.9. The normalized spacial score (nSPS) is 15.0. The highest BCUT2D eigenvalue weighted by Gasteiger charge is 2.25. The summed E-state index contributed by atoms with van der Waals surface area (Å²) < 4.78 is 0. The van der Waals surface area contributed by atoms with Crippen LogP contribution in [-0.4, -0.2) is 41.6 Å². The number of likely N-dealkylation sites (tertiary alicyclic amines) is 1. The van der Waals surface area contributed by atoms with Gasteiger partial charge in [0, 0.05) is 36.7 Å². The zero-order chi connectivity index (χ0) is 17.5. The van der Waals surface area contributed by atoms with Crippen LogP contribution in [0.3, 0.4) is 0 Å². The van der Waals surface area contributed by atoms with Gasteiger partial charge >= 0.3 is 0 Å². The van der Waals surface area contributed by atoms with E-state index in [1.54, 1.807) is 11.8 Å². The molecular weight excluding hydrogens is 320 g/mol. The van der Waals surface area contributed by atoms with Crippen molar-refractivity contribution in [3.8, 4) is 0 Å². The molecule has 1 aliphatic rings. The van der Waals surface area contributed by atoms with Gasteiger partial charge in [0.2, 0.25) is 5.91 Å². The summed E-state index contributed by atoms with van der Waals surface area (Å²) in [5.41, 5.74) is 2.06. The van der Waals surface area contributed by atoms with Crippen LogP contribution in [0.25, 0.3) is 0 Å². The molecule has 1 fully saturated rings. The van der Waals surface area contributed by atoms with E-state index < -0.39 is 0 Å². The Kier molecular flexibility index (Phi) is 6.91. The zero-order valence-electron chi connectivity index (χ0n) is 14.7. The van der Waals surface area contributed by atoms with Gasteiger partial charge in [-0.05, 0) is 38.8 Å². The summed E-state index contributed by atoms with van der Waals surface area (Å²) in [7, 11) is 0. The molecule has 1 heterocycles. The second-order valence-corrected chi connectivity index (χ2v) is 7.42. The standard InChI is InChI=1S/C19H26N2O2S/c1-14(2)10-13-24-18-7-5-4-6-17(18)19(23)21-11-8-16(9-12-21)20-15(3)22/h4-7,10,16H,8-9,11-13H2,1-3H3,(H,20,22). The van der Waals surface area contributed by atoms with Gasteiger partial charge in [-0.25, -0.2) is 0 Å². The lowest BCUT2D eigenvalue weighted by Crippen LogP contribution is -2.46. The number of thioether (sulfide) groups is 1. The molecule has 0 saturated carbocycles. The molecule has 0 bridgehead atoms. The molecular formula is C19H26N2O2S. The van der Waals surface area contributed by atoms with E-state index in [0.717, 1.165) is 29.1 Å². The molecule has 2 amide bonds. The van der Waals surface area contributed by atoms with Crippen LogP contribution >= 0.6 is 11.8 Å². The van der Waals surface area contributed by atoms with Crippen LogP contribution in [0.5, 0.6) is 0 Å². The Morgan fingerprint density at radius 2 is 1.88 bits per heavy atom. The van der Waals surface area contributed by atoms with Crippen LogP contribution in [0.4, 0.5) is 0 Å². The van der Waals surface area contributed by atoms with Gasteiger partial charge in [-0.15, -0.1) is 11.8 Å². The number of hydrogen-bond acceptors (Lipinski definition) is 3.